The van der Waals surface area contributed by atoms with Gasteiger partial charge < -0.3 is 0 Å². The Balaban J connectivity index is 4.74. The molecule has 0 aromatic carbocycles. The second-order valence-corrected chi connectivity index (χ2v) is 6.77. The van der Waals surface area contributed by atoms with Crippen LogP contribution < -0.4 is 0 Å². The smallest absolute Gasteiger partial charge is 0.0820 e. The van der Waals surface area contributed by atoms with Crippen molar-refractivity contribution in [2.75, 3.05) is 6.61 Å². The third-order valence-electron chi connectivity index (χ3n) is 4.22. The van der Waals surface area contributed by atoms with Crippen LogP contribution in [-0.4, -0.2) is 11.9 Å². The molecule has 0 unspecified atom stereocenters. The van der Waals surface area contributed by atoms with E-state index in [-0.39, 0.29) is 16.2 Å². The van der Waals surface area contributed by atoms with E-state index in [1.807, 2.05) is 0 Å². The largest absolute Gasteiger partial charge is 0.252 e. The van der Waals surface area contributed by atoms with Crippen LogP contribution in [0.25, 0.3) is 0 Å². The lowest BCUT2D eigenvalue weighted by molar-refractivity contribution is -0.244. The van der Waals surface area contributed by atoms with Crippen LogP contribution >= 0.6 is 0 Å². The van der Waals surface area contributed by atoms with Gasteiger partial charge in [-0.3, -0.25) is 5.26 Å². The normalized spacial score (nSPS) is 14.4. The van der Waals surface area contributed by atoms with E-state index in [2.05, 4.69) is 53.4 Å². The van der Waals surface area contributed by atoms with Crippen molar-refractivity contribution in [1.82, 2.24) is 0 Å². The minimum atomic E-state index is 0.235. The zero-order chi connectivity index (χ0) is 12.3. The molecule has 0 aromatic heterocycles. The minimum absolute atomic E-state index is 0.235. The lowest BCUT2D eigenvalue weighted by Gasteiger charge is -2.52. The Labute approximate surface area is 95.0 Å². The van der Waals surface area contributed by atoms with Crippen molar-refractivity contribution in [2.24, 2.45) is 16.2 Å². The Kier molecular flexibility index (Phi) is 4.81. The summed E-state index contributed by atoms with van der Waals surface area (Å²) in [5, 5.41) is 8.37. The molecule has 0 aromatic rings. The lowest BCUT2D eigenvalue weighted by Crippen LogP contribution is -2.44. The van der Waals surface area contributed by atoms with Gasteiger partial charge in [0, 0.05) is 0 Å². The highest BCUT2D eigenvalue weighted by Gasteiger charge is 2.45. The summed E-state index contributed by atoms with van der Waals surface area (Å²) >= 11 is 0. The number of hydrogen-bond acceptors (Lipinski definition) is 2. The van der Waals surface area contributed by atoms with Gasteiger partial charge >= 0.3 is 0 Å². The van der Waals surface area contributed by atoms with E-state index < -0.39 is 0 Å². The van der Waals surface area contributed by atoms with Crippen LogP contribution in [0.15, 0.2) is 0 Å². The summed E-state index contributed by atoms with van der Waals surface area (Å²) < 4.78 is 0. The van der Waals surface area contributed by atoms with Crippen LogP contribution in [-0.2, 0) is 4.89 Å². The van der Waals surface area contributed by atoms with Gasteiger partial charge in [0.1, 0.15) is 0 Å². The zero-order valence-corrected chi connectivity index (χ0v) is 11.5. The molecule has 0 bridgehead atoms. The second kappa shape index (κ2) is 4.84. The maximum Gasteiger partial charge on any atom is 0.0820 e. The highest BCUT2D eigenvalue weighted by molar-refractivity contribution is 4.94. The van der Waals surface area contributed by atoms with Crippen molar-refractivity contribution in [3.05, 3.63) is 0 Å². The van der Waals surface area contributed by atoms with E-state index in [4.69, 9.17) is 5.26 Å². The molecule has 0 rings (SSSR count). The van der Waals surface area contributed by atoms with Gasteiger partial charge in [-0.2, -0.15) is 0 Å². The van der Waals surface area contributed by atoms with E-state index in [9.17, 15) is 0 Å². The predicted molar refractivity (Wildman–Crippen MR) is 64.8 cm³/mol. The van der Waals surface area contributed by atoms with Crippen LogP contribution in [0, 0.1) is 16.2 Å². The average Bonchev–Trinajstić information content (AvgIpc) is 2.00. The molecule has 0 saturated carbocycles. The van der Waals surface area contributed by atoms with Crippen molar-refractivity contribution >= 4 is 0 Å². The van der Waals surface area contributed by atoms with Crippen molar-refractivity contribution in [3.63, 3.8) is 0 Å². The summed E-state index contributed by atoms with van der Waals surface area (Å²) in [7, 11) is 0. The van der Waals surface area contributed by atoms with Crippen LogP contribution in [0.1, 0.15) is 61.3 Å². The van der Waals surface area contributed by atoms with E-state index in [0.717, 1.165) is 12.8 Å². The molecule has 0 atom stereocenters. The molecule has 0 amide bonds. The van der Waals surface area contributed by atoms with Crippen LogP contribution in [0.3, 0.4) is 0 Å². The summed E-state index contributed by atoms with van der Waals surface area (Å²) in [4.78, 5) is 4.16. The Morgan fingerprint density at radius 2 is 1.27 bits per heavy atom. The number of hydrogen-bond donors (Lipinski definition) is 1. The molecule has 0 aliphatic rings. The fraction of sp³-hybridized carbons (Fsp3) is 1.00. The molecule has 0 saturated heterocycles. The fourth-order valence-electron chi connectivity index (χ4n) is 2.37. The highest BCUT2D eigenvalue weighted by atomic mass is 17.1. The zero-order valence-electron chi connectivity index (χ0n) is 11.5. The van der Waals surface area contributed by atoms with E-state index >= 15 is 0 Å². The molecule has 0 radical (unpaired) electrons. The fourth-order valence-corrected chi connectivity index (χ4v) is 2.37. The molecule has 15 heavy (non-hydrogen) atoms. The molecule has 0 fully saturated rings. The molecule has 0 aliphatic heterocycles. The van der Waals surface area contributed by atoms with Crippen LogP contribution in [0.5, 0.6) is 0 Å². The molecule has 0 heterocycles. The maximum absolute atomic E-state index is 8.37. The van der Waals surface area contributed by atoms with Crippen LogP contribution in [0.2, 0.25) is 0 Å². The first-order valence-electron chi connectivity index (χ1n) is 5.82. The van der Waals surface area contributed by atoms with E-state index in [1.54, 1.807) is 0 Å². The third-order valence-corrected chi connectivity index (χ3v) is 4.22. The summed E-state index contributed by atoms with van der Waals surface area (Å²) in [6.07, 6.45) is 1.97. The van der Waals surface area contributed by atoms with Crippen molar-refractivity contribution < 1.29 is 10.1 Å². The predicted octanol–water partition coefficient (Wildman–Crippen LogP) is 4.35. The average molecular weight is 216 g/mol. The molecule has 1 N–H and O–H groups in total. The molecule has 0 aliphatic carbocycles. The van der Waals surface area contributed by atoms with Gasteiger partial charge in [-0.25, -0.2) is 4.89 Å². The van der Waals surface area contributed by atoms with Gasteiger partial charge in [0.15, 0.2) is 0 Å². The second-order valence-electron chi connectivity index (χ2n) is 6.77. The van der Waals surface area contributed by atoms with Crippen molar-refractivity contribution in [1.29, 1.82) is 0 Å². The molecular weight excluding hydrogens is 188 g/mol. The summed E-state index contributed by atoms with van der Waals surface area (Å²) in [5.41, 5.74) is 0.736. The maximum atomic E-state index is 8.37. The Hall–Kier alpha value is -0.0800. The van der Waals surface area contributed by atoms with Crippen molar-refractivity contribution in [2.45, 2.75) is 61.3 Å². The minimum Gasteiger partial charge on any atom is -0.252 e. The number of rotatable bonds is 4. The molecule has 92 valence electrons. The first kappa shape index (κ1) is 14.9. The van der Waals surface area contributed by atoms with Gasteiger partial charge in [0.05, 0.1) is 6.61 Å². The van der Waals surface area contributed by atoms with Gasteiger partial charge in [-0.1, -0.05) is 48.5 Å². The van der Waals surface area contributed by atoms with Gasteiger partial charge in [0.25, 0.3) is 0 Å². The molecule has 0 spiro atoms. The quantitative estimate of drug-likeness (QED) is 0.430. The summed E-state index contributed by atoms with van der Waals surface area (Å²) in [6, 6.07) is 0. The SMILES string of the molecule is CC(C)(C)C(C)(CCCOO)C(C)(C)C. The lowest BCUT2D eigenvalue weighted by atomic mass is 9.53. The van der Waals surface area contributed by atoms with Gasteiger partial charge in [-0.05, 0) is 29.1 Å². The topological polar surface area (TPSA) is 29.5 Å². The molecule has 2 heteroatoms. The molecular formula is C13H28O2. The Bertz CT molecular complexity index is 170. The summed E-state index contributed by atoms with van der Waals surface area (Å²) in [5.74, 6) is 0. The van der Waals surface area contributed by atoms with Crippen molar-refractivity contribution in [3.8, 4) is 0 Å². The van der Waals surface area contributed by atoms with Gasteiger partial charge in [0.2, 0.25) is 0 Å². The van der Waals surface area contributed by atoms with Crippen LogP contribution in [0.4, 0.5) is 0 Å². The third kappa shape index (κ3) is 3.46. The first-order chi connectivity index (χ1) is 6.56. The molecule has 2 nitrogen and oxygen atoms in total. The Morgan fingerprint density at radius 1 is 0.867 bits per heavy atom. The Morgan fingerprint density at radius 3 is 1.53 bits per heavy atom. The highest BCUT2D eigenvalue weighted by Crippen LogP contribution is 2.54. The van der Waals surface area contributed by atoms with Gasteiger partial charge in [-0.15, -0.1) is 0 Å². The first-order valence-corrected chi connectivity index (χ1v) is 5.82. The standard InChI is InChI=1S/C13H28O2/c1-11(2,3)13(7,12(4,5)6)9-8-10-15-14/h14H,8-10H2,1-7H3. The monoisotopic (exact) mass is 216 g/mol. The summed E-state index contributed by atoms with van der Waals surface area (Å²) in [6.45, 7) is 16.5. The van der Waals surface area contributed by atoms with E-state index in [1.165, 1.54) is 0 Å². The van der Waals surface area contributed by atoms with E-state index in [0.29, 0.717) is 6.61 Å².